The number of hydrogen-bond donors (Lipinski definition) is 0. The molecule has 0 fully saturated rings. The van der Waals surface area contributed by atoms with Gasteiger partial charge in [0.2, 0.25) is 0 Å². The third kappa shape index (κ3) is 15.0. The van der Waals surface area contributed by atoms with Crippen LogP contribution in [0.1, 0.15) is 54.5 Å². The van der Waals surface area contributed by atoms with Gasteiger partial charge in [0.05, 0.1) is 20.3 Å². The summed E-state index contributed by atoms with van der Waals surface area (Å²) in [7, 11) is 5.17. The summed E-state index contributed by atoms with van der Waals surface area (Å²) < 4.78 is 15.1. The van der Waals surface area contributed by atoms with Gasteiger partial charge in [0.1, 0.15) is 5.75 Å². The van der Waals surface area contributed by atoms with Gasteiger partial charge in [-0.15, -0.1) is 0 Å². The van der Waals surface area contributed by atoms with Crippen LogP contribution in [0.3, 0.4) is 0 Å². The van der Waals surface area contributed by atoms with Gasteiger partial charge in [-0.1, -0.05) is 49.2 Å². The Morgan fingerprint density at radius 1 is 0.625 bits per heavy atom. The third-order valence-corrected chi connectivity index (χ3v) is 4.71. The van der Waals surface area contributed by atoms with Gasteiger partial charge in [0.15, 0.2) is 0 Å². The van der Waals surface area contributed by atoms with Crippen molar-refractivity contribution < 1.29 is 14.2 Å². The summed E-state index contributed by atoms with van der Waals surface area (Å²) in [6, 6.07) is 12.6. The molecule has 2 aromatic rings. The van der Waals surface area contributed by atoms with Crippen LogP contribution in [-0.2, 0) is 16.1 Å². The van der Waals surface area contributed by atoms with Gasteiger partial charge >= 0.3 is 0 Å². The topological polar surface area (TPSA) is 30.9 Å². The predicted molar refractivity (Wildman–Crippen MR) is 138 cm³/mol. The quantitative estimate of drug-likeness (QED) is 0.417. The number of benzene rings is 2. The molecule has 0 unspecified atom stereocenters. The van der Waals surface area contributed by atoms with Gasteiger partial charge in [-0.2, -0.15) is 0 Å². The van der Waals surface area contributed by atoms with Crippen LogP contribution in [0.2, 0.25) is 0 Å². The lowest BCUT2D eigenvalue weighted by molar-refractivity contribution is 0.147. The lowest BCUT2D eigenvalue weighted by atomic mass is 10.1. The van der Waals surface area contributed by atoms with Crippen molar-refractivity contribution in [3.05, 3.63) is 64.2 Å². The maximum absolute atomic E-state index is 5.08. The van der Waals surface area contributed by atoms with Crippen LogP contribution in [0.5, 0.6) is 5.75 Å². The Balaban J connectivity index is 0.000000451. The van der Waals surface area contributed by atoms with Crippen LogP contribution >= 0.6 is 0 Å². The lowest BCUT2D eigenvalue weighted by Crippen LogP contribution is -2.28. The molecule has 0 saturated carbocycles. The maximum atomic E-state index is 5.08. The summed E-state index contributed by atoms with van der Waals surface area (Å²) in [4.78, 5) is 2.45. The Morgan fingerprint density at radius 3 is 1.47 bits per heavy atom. The normalized spacial score (nSPS) is 10.2. The molecule has 0 amide bonds. The number of rotatable bonds is 10. The molecule has 0 aliphatic carbocycles. The van der Waals surface area contributed by atoms with Crippen molar-refractivity contribution in [3.8, 4) is 5.75 Å². The second-order valence-corrected chi connectivity index (χ2v) is 8.29. The Bertz CT molecular complexity index is 684. The predicted octanol–water partition coefficient (Wildman–Crippen LogP) is 6.52. The fourth-order valence-corrected chi connectivity index (χ4v) is 3.56. The van der Waals surface area contributed by atoms with E-state index in [1.54, 1.807) is 21.3 Å². The zero-order chi connectivity index (χ0) is 24.4. The van der Waals surface area contributed by atoms with Gasteiger partial charge in [0, 0.05) is 20.8 Å². The molecule has 32 heavy (non-hydrogen) atoms. The molecule has 0 bridgehead atoms. The highest BCUT2D eigenvalue weighted by Gasteiger charge is 2.00. The van der Waals surface area contributed by atoms with E-state index in [0.717, 1.165) is 18.9 Å². The van der Waals surface area contributed by atoms with Crippen LogP contribution < -0.4 is 4.74 Å². The van der Waals surface area contributed by atoms with Crippen molar-refractivity contribution >= 4 is 0 Å². The molecule has 4 nitrogen and oxygen atoms in total. The number of hydrogen-bond acceptors (Lipinski definition) is 4. The molecule has 0 N–H and O–H groups in total. The van der Waals surface area contributed by atoms with E-state index in [0.29, 0.717) is 6.61 Å². The molecular weight excluding hydrogens is 398 g/mol. The molecule has 182 valence electrons. The monoisotopic (exact) mass is 445 g/mol. The van der Waals surface area contributed by atoms with Crippen LogP contribution in [0.25, 0.3) is 0 Å². The largest absolute Gasteiger partial charge is 0.497 e. The van der Waals surface area contributed by atoms with E-state index in [-0.39, 0.29) is 0 Å². The van der Waals surface area contributed by atoms with Gasteiger partial charge in [-0.25, -0.2) is 0 Å². The first kappa shape index (κ1) is 30.1. The molecule has 2 aromatic carbocycles. The van der Waals surface area contributed by atoms with Crippen molar-refractivity contribution in [1.82, 2.24) is 4.90 Å². The average Bonchev–Trinajstić information content (AvgIpc) is 2.72. The molecule has 0 aromatic heterocycles. The molecule has 0 atom stereocenters. The van der Waals surface area contributed by atoms with Crippen LogP contribution in [-0.4, -0.2) is 52.5 Å². The van der Waals surface area contributed by atoms with Gasteiger partial charge < -0.3 is 19.1 Å². The van der Waals surface area contributed by atoms with Crippen molar-refractivity contribution in [1.29, 1.82) is 0 Å². The summed E-state index contributed by atoms with van der Waals surface area (Å²) >= 11 is 0. The molecule has 0 aliphatic heterocycles. The van der Waals surface area contributed by atoms with E-state index in [4.69, 9.17) is 14.2 Å². The van der Waals surface area contributed by atoms with E-state index in [2.05, 4.69) is 70.7 Å². The highest BCUT2D eigenvalue weighted by molar-refractivity contribution is 5.32. The summed E-state index contributed by atoms with van der Waals surface area (Å²) in [5.74, 6) is 0.942. The molecule has 4 heteroatoms. The first-order valence-corrected chi connectivity index (χ1v) is 11.7. The van der Waals surface area contributed by atoms with Crippen LogP contribution in [0.4, 0.5) is 0 Å². The molecule has 0 radical (unpaired) electrons. The Labute approximate surface area is 197 Å². The summed E-state index contributed by atoms with van der Waals surface area (Å²) in [6.45, 7) is 17.8. The zero-order valence-electron chi connectivity index (χ0n) is 22.1. The van der Waals surface area contributed by atoms with E-state index >= 15 is 0 Å². The van der Waals surface area contributed by atoms with Crippen LogP contribution in [0, 0.1) is 27.7 Å². The van der Waals surface area contributed by atoms with E-state index in [9.17, 15) is 0 Å². The van der Waals surface area contributed by atoms with Gasteiger partial charge in [-0.3, -0.25) is 0 Å². The number of methoxy groups -OCH3 is 3. The minimum Gasteiger partial charge on any atom is -0.497 e. The maximum Gasteiger partial charge on any atom is 0.119 e. The summed E-state index contributed by atoms with van der Waals surface area (Å²) in [5.41, 5.74) is 6.35. The molecule has 0 aliphatic rings. The number of ether oxygens (including phenoxy) is 3. The summed E-state index contributed by atoms with van der Waals surface area (Å²) in [6.07, 6.45) is 2.48. The minimum atomic E-state index is 0.711. The second kappa shape index (κ2) is 18.7. The fourth-order valence-electron chi connectivity index (χ4n) is 3.56. The summed E-state index contributed by atoms with van der Waals surface area (Å²) in [5, 5.41) is 0. The molecule has 2 rings (SSSR count). The molecular formula is C28H47NO3. The van der Waals surface area contributed by atoms with Crippen molar-refractivity contribution in [2.24, 2.45) is 0 Å². The highest BCUT2D eigenvalue weighted by Crippen LogP contribution is 2.14. The standard InChI is InChI=1S/C10H14O.C9H21NO.C9H12O/c1-8-4-9(2)6-10(5-8)7-11-3;1-4-6-10(7-5-2)8-9-11-3;1-7-4-8(2)6-9(5-7)10-3/h4-6H,7H2,1-3H3;4-9H2,1-3H3;4-6H,1-3H3. The number of aryl methyl sites for hydroxylation is 4. The molecule has 0 heterocycles. The smallest absolute Gasteiger partial charge is 0.119 e. The van der Waals surface area contributed by atoms with Crippen molar-refractivity contribution in [2.75, 3.05) is 47.6 Å². The molecule has 0 saturated heterocycles. The van der Waals surface area contributed by atoms with Crippen molar-refractivity contribution in [3.63, 3.8) is 0 Å². The van der Waals surface area contributed by atoms with E-state index in [1.165, 1.54) is 53.7 Å². The van der Waals surface area contributed by atoms with Crippen molar-refractivity contribution in [2.45, 2.75) is 61.0 Å². The minimum absolute atomic E-state index is 0.711. The van der Waals surface area contributed by atoms with E-state index < -0.39 is 0 Å². The van der Waals surface area contributed by atoms with Gasteiger partial charge in [-0.05, 0) is 82.4 Å². The first-order valence-electron chi connectivity index (χ1n) is 11.7. The third-order valence-electron chi connectivity index (χ3n) is 4.71. The fraction of sp³-hybridized carbons (Fsp3) is 0.571. The first-order chi connectivity index (χ1) is 15.3. The van der Waals surface area contributed by atoms with E-state index in [1.807, 2.05) is 12.1 Å². The number of nitrogens with zero attached hydrogens (tertiary/aromatic N) is 1. The SMILES string of the molecule is CCCN(CCC)CCOC.COCc1cc(C)cc(C)c1.COc1cc(C)cc(C)c1. The average molecular weight is 446 g/mol. The highest BCUT2D eigenvalue weighted by atomic mass is 16.5. The van der Waals surface area contributed by atoms with Gasteiger partial charge in [0.25, 0.3) is 0 Å². The second-order valence-electron chi connectivity index (χ2n) is 8.29. The molecule has 0 spiro atoms. The Hall–Kier alpha value is -1.88. The Kier molecular flexibility index (Phi) is 17.6. The zero-order valence-corrected chi connectivity index (χ0v) is 22.1. The Morgan fingerprint density at radius 2 is 1.09 bits per heavy atom. The lowest BCUT2D eigenvalue weighted by Gasteiger charge is -2.19. The van der Waals surface area contributed by atoms with Crippen LogP contribution in [0.15, 0.2) is 36.4 Å².